The molecule has 31 heavy (non-hydrogen) atoms. The summed E-state index contributed by atoms with van der Waals surface area (Å²) in [5.41, 5.74) is -4.51. The average Bonchev–Trinajstić information content (AvgIpc) is 2.69. The molecule has 0 bridgehead atoms. The van der Waals surface area contributed by atoms with Gasteiger partial charge < -0.3 is 15.0 Å². The van der Waals surface area contributed by atoms with Gasteiger partial charge in [0.2, 0.25) is 5.75 Å². The largest absolute Gasteiger partial charge is 0.449 e. The van der Waals surface area contributed by atoms with Crippen LogP contribution in [0.1, 0.15) is 11.3 Å². The molecule has 1 aromatic carbocycles. The Hall–Kier alpha value is -3.28. The van der Waals surface area contributed by atoms with Crippen LogP contribution in [0.15, 0.2) is 41.2 Å². The number of aromatic amines is 1. The number of halogens is 7. The van der Waals surface area contributed by atoms with Crippen LogP contribution in [0, 0.1) is 0 Å². The maximum Gasteiger partial charge on any atom is 0.437 e. The van der Waals surface area contributed by atoms with Gasteiger partial charge in [0.05, 0.1) is 10.6 Å². The minimum Gasteiger partial charge on any atom is -0.449 e. The van der Waals surface area contributed by atoms with Gasteiger partial charge in [-0.25, -0.2) is 9.97 Å². The van der Waals surface area contributed by atoms with Gasteiger partial charge in [-0.1, -0.05) is 17.7 Å². The van der Waals surface area contributed by atoms with Crippen LogP contribution in [0.5, 0.6) is 11.5 Å². The molecule has 0 aliphatic rings. The minimum atomic E-state index is -5.15. The first kappa shape index (κ1) is 22.4. The topological polar surface area (TPSA) is 79.9 Å². The third kappa shape index (κ3) is 4.90. The average molecular weight is 465 g/mol. The summed E-state index contributed by atoms with van der Waals surface area (Å²) in [6.45, 7) is 0. The number of pyridine rings is 1. The maximum absolute atomic E-state index is 13.6. The predicted octanol–water partition coefficient (Wildman–Crippen LogP) is 5.36. The molecular weight excluding hydrogens is 454 g/mol. The van der Waals surface area contributed by atoms with Gasteiger partial charge in [-0.2, -0.15) is 26.3 Å². The van der Waals surface area contributed by atoms with E-state index in [1.165, 1.54) is 25.2 Å². The SMILES string of the molecule is CNc1cccc(-c2nc(C(F)(F)F)c(Oc3ccc(Cl)c(C(F)(F)F)c3)c(=O)[nH]2)n1. The van der Waals surface area contributed by atoms with E-state index in [9.17, 15) is 31.1 Å². The summed E-state index contributed by atoms with van der Waals surface area (Å²) in [5, 5.41) is 2.00. The molecule has 0 radical (unpaired) electrons. The van der Waals surface area contributed by atoms with Crippen LogP contribution < -0.4 is 15.6 Å². The second-order valence-electron chi connectivity index (χ2n) is 5.99. The molecule has 0 fully saturated rings. The first-order chi connectivity index (χ1) is 14.4. The zero-order valence-corrected chi connectivity index (χ0v) is 16.1. The van der Waals surface area contributed by atoms with Crippen LogP contribution in [-0.2, 0) is 12.4 Å². The van der Waals surface area contributed by atoms with Gasteiger partial charge in [0.15, 0.2) is 11.5 Å². The summed E-state index contributed by atoms with van der Waals surface area (Å²) in [4.78, 5) is 21.9. The van der Waals surface area contributed by atoms with Crippen molar-refractivity contribution in [1.29, 1.82) is 0 Å². The van der Waals surface area contributed by atoms with Crippen LogP contribution >= 0.6 is 11.6 Å². The van der Waals surface area contributed by atoms with Crippen molar-refractivity contribution in [2.75, 3.05) is 12.4 Å². The lowest BCUT2D eigenvalue weighted by Crippen LogP contribution is -2.21. The first-order valence-electron chi connectivity index (χ1n) is 8.31. The molecule has 3 rings (SSSR count). The van der Waals surface area contributed by atoms with Gasteiger partial charge in [0.25, 0.3) is 5.56 Å². The quantitative estimate of drug-likeness (QED) is 0.508. The van der Waals surface area contributed by atoms with Gasteiger partial charge in [-0.05, 0) is 30.3 Å². The van der Waals surface area contributed by atoms with E-state index in [4.69, 9.17) is 16.3 Å². The van der Waals surface area contributed by atoms with Crippen molar-refractivity contribution < 1.29 is 31.1 Å². The van der Waals surface area contributed by atoms with E-state index in [1.807, 2.05) is 0 Å². The minimum absolute atomic E-state index is 0.0770. The van der Waals surface area contributed by atoms with Gasteiger partial charge in [0, 0.05) is 7.05 Å². The predicted molar refractivity (Wildman–Crippen MR) is 99.2 cm³/mol. The Labute approximate surface area is 174 Å². The molecule has 0 saturated carbocycles. The Bertz CT molecular complexity index is 1180. The molecule has 2 N–H and O–H groups in total. The lowest BCUT2D eigenvalue weighted by molar-refractivity contribution is -0.142. The van der Waals surface area contributed by atoms with E-state index >= 15 is 0 Å². The Balaban J connectivity index is 2.12. The van der Waals surface area contributed by atoms with Gasteiger partial charge in [-0.3, -0.25) is 4.79 Å². The van der Waals surface area contributed by atoms with Crippen LogP contribution in [0.25, 0.3) is 11.5 Å². The van der Waals surface area contributed by atoms with E-state index in [-0.39, 0.29) is 5.69 Å². The number of hydrogen-bond donors (Lipinski definition) is 2. The molecule has 0 aliphatic carbocycles. The summed E-state index contributed by atoms with van der Waals surface area (Å²) < 4.78 is 84.6. The molecule has 13 heteroatoms. The highest BCUT2D eigenvalue weighted by Gasteiger charge is 2.39. The first-order valence-corrected chi connectivity index (χ1v) is 8.69. The number of alkyl halides is 6. The Kier molecular flexibility index (Phi) is 5.85. The Morgan fingerprint density at radius 1 is 1.03 bits per heavy atom. The van der Waals surface area contributed by atoms with E-state index in [2.05, 4.69) is 20.3 Å². The molecule has 0 saturated heterocycles. The molecule has 6 nitrogen and oxygen atoms in total. The molecule has 0 amide bonds. The smallest absolute Gasteiger partial charge is 0.437 e. The second kappa shape index (κ2) is 8.10. The van der Waals surface area contributed by atoms with Crippen LogP contribution in [0.4, 0.5) is 32.2 Å². The highest BCUT2D eigenvalue weighted by molar-refractivity contribution is 6.31. The number of aromatic nitrogens is 3. The summed E-state index contributed by atoms with van der Waals surface area (Å²) in [6, 6.07) is 6.38. The molecular formula is C18H11ClF6N4O2. The third-order valence-electron chi connectivity index (χ3n) is 3.86. The Morgan fingerprint density at radius 2 is 1.74 bits per heavy atom. The second-order valence-corrected chi connectivity index (χ2v) is 6.40. The van der Waals surface area contributed by atoms with Gasteiger partial charge >= 0.3 is 12.4 Å². The number of nitrogens with one attached hydrogen (secondary N) is 2. The van der Waals surface area contributed by atoms with Gasteiger partial charge in [-0.15, -0.1) is 0 Å². The number of benzene rings is 1. The standard InChI is InChI=1S/C18H11ClF6N4O2/c1-26-12-4-2-3-11(27-12)15-28-14(18(23,24)25)13(16(30)29-15)31-8-5-6-10(19)9(7-8)17(20,21)22/h2-7H,1H3,(H,26,27)(H,28,29,30). The number of rotatable bonds is 4. The maximum atomic E-state index is 13.6. The number of anilines is 1. The fraction of sp³-hybridized carbons (Fsp3) is 0.167. The van der Waals surface area contributed by atoms with E-state index in [0.29, 0.717) is 11.9 Å². The lowest BCUT2D eigenvalue weighted by Gasteiger charge is -2.15. The zero-order chi connectivity index (χ0) is 23.0. The molecule has 3 aromatic rings. The molecule has 0 atom stereocenters. The summed E-state index contributed by atoms with van der Waals surface area (Å²) in [6.07, 6.45) is -10.0. The highest BCUT2D eigenvalue weighted by atomic mass is 35.5. The summed E-state index contributed by atoms with van der Waals surface area (Å²) >= 11 is 5.48. The monoisotopic (exact) mass is 464 g/mol. The molecule has 0 unspecified atom stereocenters. The zero-order valence-electron chi connectivity index (χ0n) is 15.3. The third-order valence-corrected chi connectivity index (χ3v) is 4.19. The fourth-order valence-corrected chi connectivity index (χ4v) is 2.70. The molecule has 164 valence electrons. The highest BCUT2D eigenvalue weighted by Crippen LogP contribution is 2.39. The van der Waals surface area contributed by atoms with Crippen molar-refractivity contribution in [3.8, 4) is 23.0 Å². The number of H-pyrrole nitrogens is 1. The number of ether oxygens (including phenoxy) is 1. The summed E-state index contributed by atoms with van der Waals surface area (Å²) in [7, 11) is 1.53. The van der Waals surface area contributed by atoms with Crippen LogP contribution in [-0.4, -0.2) is 22.0 Å². The lowest BCUT2D eigenvalue weighted by atomic mass is 10.2. The fourth-order valence-electron chi connectivity index (χ4n) is 2.48. The van der Waals surface area contributed by atoms with E-state index < -0.39 is 51.5 Å². The summed E-state index contributed by atoms with van der Waals surface area (Å²) in [5.74, 6) is -2.21. The van der Waals surface area contributed by atoms with E-state index in [0.717, 1.165) is 12.1 Å². The van der Waals surface area contributed by atoms with E-state index in [1.54, 1.807) is 0 Å². The van der Waals surface area contributed by atoms with Crippen molar-refractivity contribution in [3.05, 3.63) is 63.0 Å². The molecule has 2 heterocycles. The van der Waals surface area contributed by atoms with Crippen molar-refractivity contribution >= 4 is 17.4 Å². The molecule has 0 aliphatic heterocycles. The van der Waals surface area contributed by atoms with Crippen molar-refractivity contribution in [3.63, 3.8) is 0 Å². The number of nitrogens with zero attached hydrogens (tertiary/aromatic N) is 2. The van der Waals surface area contributed by atoms with Crippen LogP contribution in [0.2, 0.25) is 5.02 Å². The molecule has 2 aromatic heterocycles. The van der Waals surface area contributed by atoms with Crippen molar-refractivity contribution in [2.45, 2.75) is 12.4 Å². The number of hydrogen-bond acceptors (Lipinski definition) is 5. The normalized spacial score (nSPS) is 12.0. The van der Waals surface area contributed by atoms with Crippen molar-refractivity contribution in [2.24, 2.45) is 0 Å². The van der Waals surface area contributed by atoms with Crippen LogP contribution in [0.3, 0.4) is 0 Å². The van der Waals surface area contributed by atoms with Crippen molar-refractivity contribution in [1.82, 2.24) is 15.0 Å². The van der Waals surface area contributed by atoms with Gasteiger partial charge in [0.1, 0.15) is 17.3 Å². The molecule has 0 spiro atoms. The Morgan fingerprint density at radius 3 is 2.35 bits per heavy atom.